The largest absolute Gasteiger partial charge is 0.411 e. The van der Waals surface area contributed by atoms with E-state index in [2.05, 4.69) is 24.2 Å². The van der Waals surface area contributed by atoms with Gasteiger partial charge in [0.1, 0.15) is 0 Å². The molecule has 0 bridgehead atoms. The van der Waals surface area contributed by atoms with Crippen molar-refractivity contribution in [1.82, 2.24) is 0 Å². The second kappa shape index (κ2) is 6.31. The van der Waals surface area contributed by atoms with Crippen LogP contribution in [0.5, 0.6) is 0 Å². The van der Waals surface area contributed by atoms with Gasteiger partial charge in [-0.3, -0.25) is 0 Å². The zero-order valence-electron chi connectivity index (χ0n) is 10.4. The van der Waals surface area contributed by atoms with E-state index in [1.165, 1.54) is 18.4 Å². The molecule has 2 heteroatoms. The minimum atomic E-state index is 0.242. The molecule has 0 spiro atoms. The summed E-state index contributed by atoms with van der Waals surface area (Å²) in [5.41, 5.74) is 3.12. The summed E-state index contributed by atoms with van der Waals surface area (Å²) in [7, 11) is 0. The quantitative estimate of drug-likeness (QED) is 0.455. The Morgan fingerprint density at radius 1 is 1.25 bits per heavy atom. The van der Waals surface area contributed by atoms with Gasteiger partial charge in [-0.25, -0.2) is 0 Å². The fourth-order valence-electron chi connectivity index (χ4n) is 1.73. The molecule has 0 aliphatic rings. The molecule has 2 nitrogen and oxygen atoms in total. The van der Waals surface area contributed by atoms with Crippen LogP contribution in [0.2, 0.25) is 0 Å². The van der Waals surface area contributed by atoms with Crippen molar-refractivity contribution in [2.75, 3.05) is 0 Å². The third-order valence-corrected chi connectivity index (χ3v) is 2.72. The lowest BCUT2D eigenvalue weighted by Crippen LogP contribution is -2.09. The first-order valence-corrected chi connectivity index (χ1v) is 6.00. The average Bonchev–Trinajstić information content (AvgIpc) is 2.28. The molecular weight excluding hydrogens is 198 g/mol. The number of aryl methyl sites for hydroxylation is 1. The summed E-state index contributed by atoms with van der Waals surface area (Å²) in [6.07, 6.45) is 3.58. The molecule has 1 aromatic rings. The average molecular weight is 219 g/mol. The van der Waals surface area contributed by atoms with Crippen LogP contribution in [0.25, 0.3) is 0 Å². The molecule has 1 N–H and O–H groups in total. The van der Waals surface area contributed by atoms with E-state index in [4.69, 9.17) is 5.21 Å². The number of unbranched alkanes of at least 4 members (excludes halogenated alkanes) is 1. The second-order valence-electron chi connectivity index (χ2n) is 4.44. The zero-order chi connectivity index (χ0) is 12.0. The van der Waals surface area contributed by atoms with Crippen LogP contribution >= 0.6 is 0 Å². The van der Waals surface area contributed by atoms with E-state index in [0.29, 0.717) is 0 Å². The molecule has 0 atom stereocenters. The van der Waals surface area contributed by atoms with Crippen LogP contribution in [0.4, 0.5) is 0 Å². The highest BCUT2D eigenvalue weighted by molar-refractivity contribution is 6.01. The van der Waals surface area contributed by atoms with Crippen LogP contribution in [-0.4, -0.2) is 10.9 Å². The Labute approximate surface area is 98.0 Å². The highest BCUT2D eigenvalue weighted by Gasteiger charge is 2.08. The van der Waals surface area contributed by atoms with Crippen molar-refractivity contribution >= 4 is 5.71 Å². The molecule has 0 amide bonds. The van der Waals surface area contributed by atoms with E-state index in [9.17, 15) is 0 Å². The van der Waals surface area contributed by atoms with E-state index in [1.807, 2.05) is 26.0 Å². The van der Waals surface area contributed by atoms with Crippen molar-refractivity contribution in [3.05, 3.63) is 35.4 Å². The van der Waals surface area contributed by atoms with Crippen LogP contribution in [-0.2, 0) is 6.42 Å². The van der Waals surface area contributed by atoms with Gasteiger partial charge in [0, 0.05) is 0 Å². The van der Waals surface area contributed by atoms with Crippen molar-refractivity contribution < 1.29 is 5.21 Å². The Bertz CT molecular complexity index is 338. The minimum Gasteiger partial charge on any atom is -0.411 e. The summed E-state index contributed by atoms with van der Waals surface area (Å²) in [5.74, 6) is 0.242. The number of hydrogen-bond donors (Lipinski definition) is 1. The van der Waals surface area contributed by atoms with Gasteiger partial charge in [-0.15, -0.1) is 0 Å². The summed E-state index contributed by atoms with van der Waals surface area (Å²) in [6.45, 7) is 6.25. The first-order chi connectivity index (χ1) is 7.69. The van der Waals surface area contributed by atoms with Gasteiger partial charge in [0.25, 0.3) is 0 Å². The first kappa shape index (κ1) is 12.8. The topological polar surface area (TPSA) is 32.6 Å². The Kier molecular flexibility index (Phi) is 5.03. The number of benzene rings is 1. The molecule has 0 saturated heterocycles. The molecule has 0 unspecified atom stereocenters. The normalized spacial score (nSPS) is 12.1. The molecule has 0 fully saturated rings. The van der Waals surface area contributed by atoms with Gasteiger partial charge in [0.15, 0.2) is 0 Å². The predicted molar refractivity (Wildman–Crippen MR) is 68.2 cm³/mol. The lowest BCUT2D eigenvalue weighted by molar-refractivity contribution is 0.316. The zero-order valence-corrected chi connectivity index (χ0v) is 10.4. The lowest BCUT2D eigenvalue weighted by atomic mass is 9.98. The van der Waals surface area contributed by atoms with Crippen LogP contribution in [0.3, 0.4) is 0 Å². The molecule has 0 aromatic heterocycles. The maximum Gasteiger partial charge on any atom is 0.0893 e. The molecule has 88 valence electrons. The van der Waals surface area contributed by atoms with E-state index < -0.39 is 0 Å². The molecule has 16 heavy (non-hydrogen) atoms. The summed E-state index contributed by atoms with van der Waals surface area (Å²) in [5, 5.41) is 12.3. The molecule has 0 radical (unpaired) electrons. The van der Waals surface area contributed by atoms with E-state index >= 15 is 0 Å². The van der Waals surface area contributed by atoms with Crippen molar-refractivity contribution in [2.45, 2.75) is 40.0 Å². The number of rotatable bonds is 5. The Morgan fingerprint density at radius 3 is 2.31 bits per heavy atom. The molecule has 0 aliphatic carbocycles. The van der Waals surface area contributed by atoms with Gasteiger partial charge in [-0.1, -0.05) is 56.6 Å². The van der Waals surface area contributed by atoms with Crippen LogP contribution in [0.15, 0.2) is 29.4 Å². The minimum absolute atomic E-state index is 0.242. The van der Waals surface area contributed by atoms with Crippen LogP contribution in [0, 0.1) is 5.92 Å². The Morgan fingerprint density at radius 2 is 1.88 bits per heavy atom. The van der Waals surface area contributed by atoms with E-state index in [-0.39, 0.29) is 5.92 Å². The monoisotopic (exact) mass is 219 g/mol. The van der Waals surface area contributed by atoms with E-state index in [0.717, 1.165) is 17.7 Å². The number of hydrogen-bond acceptors (Lipinski definition) is 2. The SMILES string of the molecule is CCCCc1ccc(C(=NO)C(C)C)cc1. The van der Waals surface area contributed by atoms with Gasteiger partial charge in [0.05, 0.1) is 5.71 Å². The number of nitrogens with zero attached hydrogens (tertiary/aromatic N) is 1. The third-order valence-electron chi connectivity index (χ3n) is 2.72. The molecule has 0 aliphatic heterocycles. The molecule has 0 saturated carbocycles. The number of oxime groups is 1. The van der Waals surface area contributed by atoms with Gasteiger partial charge < -0.3 is 5.21 Å². The van der Waals surface area contributed by atoms with Crippen molar-refractivity contribution in [3.8, 4) is 0 Å². The van der Waals surface area contributed by atoms with Crippen molar-refractivity contribution in [2.24, 2.45) is 11.1 Å². The van der Waals surface area contributed by atoms with Gasteiger partial charge in [0.2, 0.25) is 0 Å². The smallest absolute Gasteiger partial charge is 0.0893 e. The summed E-state index contributed by atoms with van der Waals surface area (Å²) in [6, 6.07) is 8.33. The van der Waals surface area contributed by atoms with Gasteiger partial charge in [-0.2, -0.15) is 0 Å². The van der Waals surface area contributed by atoms with E-state index in [1.54, 1.807) is 0 Å². The highest BCUT2D eigenvalue weighted by Crippen LogP contribution is 2.12. The Hall–Kier alpha value is -1.31. The molecular formula is C14H21NO. The molecule has 0 heterocycles. The van der Waals surface area contributed by atoms with Crippen LogP contribution in [0.1, 0.15) is 44.7 Å². The fourth-order valence-corrected chi connectivity index (χ4v) is 1.73. The molecule has 1 rings (SSSR count). The van der Waals surface area contributed by atoms with Gasteiger partial charge >= 0.3 is 0 Å². The molecule has 1 aromatic carbocycles. The second-order valence-corrected chi connectivity index (χ2v) is 4.44. The third kappa shape index (κ3) is 3.37. The maximum atomic E-state index is 8.95. The summed E-state index contributed by atoms with van der Waals surface area (Å²) in [4.78, 5) is 0. The van der Waals surface area contributed by atoms with Crippen LogP contribution < -0.4 is 0 Å². The fraction of sp³-hybridized carbons (Fsp3) is 0.500. The highest BCUT2D eigenvalue weighted by atomic mass is 16.4. The Balaban J connectivity index is 2.78. The predicted octanol–water partition coefficient (Wildman–Crippen LogP) is 3.86. The standard InChI is InChI=1S/C14H21NO/c1-4-5-6-12-7-9-13(10-8-12)14(15-16)11(2)3/h7-11,16H,4-6H2,1-3H3. The van der Waals surface area contributed by atoms with Gasteiger partial charge in [-0.05, 0) is 29.9 Å². The van der Waals surface area contributed by atoms with Crippen molar-refractivity contribution in [3.63, 3.8) is 0 Å². The van der Waals surface area contributed by atoms with Crippen molar-refractivity contribution in [1.29, 1.82) is 0 Å². The summed E-state index contributed by atoms with van der Waals surface area (Å²) >= 11 is 0. The lowest BCUT2D eigenvalue weighted by Gasteiger charge is -2.08. The maximum absolute atomic E-state index is 8.95. The summed E-state index contributed by atoms with van der Waals surface area (Å²) < 4.78 is 0. The first-order valence-electron chi connectivity index (χ1n) is 6.00.